The van der Waals surface area contributed by atoms with E-state index in [1.807, 2.05) is 12.3 Å². The van der Waals surface area contributed by atoms with Gasteiger partial charge in [0.1, 0.15) is 5.82 Å². The van der Waals surface area contributed by atoms with E-state index in [0.29, 0.717) is 0 Å². The highest BCUT2D eigenvalue weighted by Crippen LogP contribution is 2.36. The molecule has 0 radical (unpaired) electrons. The van der Waals surface area contributed by atoms with Crippen LogP contribution in [0.1, 0.15) is 23.6 Å². The van der Waals surface area contributed by atoms with E-state index >= 15 is 0 Å². The van der Waals surface area contributed by atoms with E-state index in [2.05, 4.69) is 18.0 Å². The summed E-state index contributed by atoms with van der Waals surface area (Å²) in [6.07, 6.45) is 3.66. The van der Waals surface area contributed by atoms with Crippen LogP contribution in [0.4, 0.5) is 4.39 Å². The smallest absolute Gasteiger partial charge is 0.123 e. The molecule has 0 bridgehead atoms. The molecule has 1 aliphatic carbocycles. The maximum Gasteiger partial charge on any atom is 0.123 e. The van der Waals surface area contributed by atoms with Gasteiger partial charge in [0, 0.05) is 18.2 Å². The molecule has 3 rings (SSSR count). The van der Waals surface area contributed by atoms with Crippen molar-refractivity contribution in [2.45, 2.75) is 19.8 Å². The Kier molecular flexibility index (Phi) is 2.03. The van der Waals surface area contributed by atoms with E-state index in [9.17, 15) is 4.39 Å². The standard InChI is InChI=1S/C14H12FN/c1-2-9-5-6-16-14-12-4-3-11(15)7-10(12)8-13(9)14/h3-7H,2,8H2,1H3. The summed E-state index contributed by atoms with van der Waals surface area (Å²) in [5.41, 5.74) is 5.77. The van der Waals surface area contributed by atoms with Gasteiger partial charge in [-0.05, 0) is 47.4 Å². The summed E-state index contributed by atoms with van der Waals surface area (Å²) in [7, 11) is 0. The lowest BCUT2D eigenvalue weighted by atomic mass is 10.0. The summed E-state index contributed by atoms with van der Waals surface area (Å²) >= 11 is 0. The number of pyridine rings is 1. The number of aromatic nitrogens is 1. The molecule has 1 aliphatic rings. The first-order valence-electron chi connectivity index (χ1n) is 5.55. The average Bonchev–Trinajstić information content (AvgIpc) is 2.65. The third-order valence-corrected chi connectivity index (χ3v) is 3.22. The zero-order valence-corrected chi connectivity index (χ0v) is 9.13. The van der Waals surface area contributed by atoms with Crippen molar-refractivity contribution < 1.29 is 4.39 Å². The largest absolute Gasteiger partial charge is 0.256 e. The van der Waals surface area contributed by atoms with Crippen LogP contribution < -0.4 is 0 Å². The van der Waals surface area contributed by atoms with Gasteiger partial charge in [-0.2, -0.15) is 0 Å². The number of benzene rings is 1. The summed E-state index contributed by atoms with van der Waals surface area (Å²) in [6.45, 7) is 2.14. The number of halogens is 1. The van der Waals surface area contributed by atoms with Crippen LogP contribution in [-0.2, 0) is 12.8 Å². The summed E-state index contributed by atoms with van der Waals surface area (Å²) in [6, 6.07) is 7.02. The summed E-state index contributed by atoms with van der Waals surface area (Å²) in [5.74, 6) is -0.162. The molecule has 0 aliphatic heterocycles. The lowest BCUT2D eigenvalue weighted by Crippen LogP contribution is -1.92. The van der Waals surface area contributed by atoms with E-state index < -0.39 is 0 Å². The molecule has 1 nitrogen and oxygen atoms in total. The molecule has 0 unspecified atom stereocenters. The molecule has 0 spiro atoms. The average molecular weight is 213 g/mol. The molecule has 0 N–H and O–H groups in total. The molecule has 1 heterocycles. The molecule has 1 aromatic heterocycles. The number of hydrogen-bond acceptors (Lipinski definition) is 1. The fourth-order valence-corrected chi connectivity index (χ4v) is 2.42. The van der Waals surface area contributed by atoms with Gasteiger partial charge in [-0.25, -0.2) is 4.39 Å². The molecule has 80 valence electrons. The second-order valence-electron chi connectivity index (χ2n) is 4.13. The lowest BCUT2D eigenvalue weighted by molar-refractivity contribution is 0.626. The van der Waals surface area contributed by atoms with Crippen LogP contribution in [0.3, 0.4) is 0 Å². The molecule has 2 aromatic rings. The number of hydrogen-bond donors (Lipinski definition) is 0. The summed E-state index contributed by atoms with van der Waals surface area (Å²) < 4.78 is 13.1. The van der Waals surface area contributed by atoms with Gasteiger partial charge in [0.05, 0.1) is 5.69 Å². The van der Waals surface area contributed by atoms with Gasteiger partial charge < -0.3 is 0 Å². The Balaban J connectivity index is 2.23. The van der Waals surface area contributed by atoms with E-state index in [1.54, 1.807) is 6.07 Å². The maximum atomic E-state index is 13.1. The SMILES string of the molecule is CCc1ccnc2c1Cc1cc(F)ccc1-2. The Morgan fingerprint density at radius 3 is 3.00 bits per heavy atom. The van der Waals surface area contributed by atoms with Gasteiger partial charge in [-0.15, -0.1) is 0 Å². The van der Waals surface area contributed by atoms with Crippen molar-refractivity contribution in [2.24, 2.45) is 0 Å². The van der Waals surface area contributed by atoms with Crippen LogP contribution in [-0.4, -0.2) is 4.98 Å². The lowest BCUT2D eigenvalue weighted by Gasteiger charge is -2.04. The van der Waals surface area contributed by atoms with Gasteiger partial charge in [-0.1, -0.05) is 6.92 Å². The first-order valence-corrected chi connectivity index (χ1v) is 5.55. The minimum Gasteiger partial charge on any atom is -0.256 e. The van der Waals surface area contributed by atoms with Crippen molar-refractivity contribution in [3.8, 4) is 11.3 Å². The fourth-order valence-electron chi connectivity index (χ4n) is 2.42. The minimum absolute atomic E-state index is 0.162. The third-order valence-electron chi connectivity index (χ3n) is 3.22. The fraction of sp³-hybridized carbons (Fsp3) is 0.214. The van der Waals surface area contributed by atoms with Crippen molar-refractivity contribution >= 4 is 0 Å². The van der Waals surface area contributed by atoms with Crippen molar-refractivity contribution in [2.75, 3.05) is 0 Å². The Morgan fingerprint density at radius 2 is 2.19 bits per heavy atom. The third kappa shape index (κ3) is 1.26. The van der Waals surface area contributed by atoms with Crippen LogP contribution in [0.5, 0.6) is 0 Å². The van der Waals surface area contributed by atoms with E-state index in [1.165, 1.54) is 17.2 Å². The number of rotatable bonds is 1. The van der Waals surface area contributed by atoms with Gasteiger partial charge >= 0.3 is 0 Å². The second kappa shape index (κ2) is 3.41. The molecule has 0 saturated heterocycles. The van der Waals surface area contributed by atoms with Gasteiger partial charge in [0.2, 0.25) is 0 Å². The van der Waals surface area contributed by atoms with Gasteiger partial charge in [-0.3, -0.25) is 4.98 Å². The predicted molar refractivity (Wildman–Crippen MR) is 61.8 cm³/mol. The Morgan fingerprint density at radius 1 is 1.31 bits per heavy atom. The summed E-state index contributed by atoms with van der Waals surface area (Å²) in [4.78, 5) is 4.42. The quantitative estimate of drug-likeness (QED) is 0.604. The van der Waals surface area contributed by atoms with Crippen LogP contribution in [0.25, 0.3) is 11.3 Å². The Hall–Kier alpha value is -1.70. The maximum absolute atomic E-state index is 13.1. The Bertz CT molecular complexity index is 561. The molecule has 0 amide bonds. The number of aryl methyl sites for hydroxylation is 1. The zero-order valence-electron chi connectivity index (χ0n) is 9.13. The minimum atomic E-state index is -0.162. The topological polar surface area (TPSA) is 12.9 Å². The highest BCUT2D eigenvalue weighted by Gasteiger charge is 2.21. The number of nitrogens with zero attached hydrogens (tertiary/aromatic N) is 1. The second-order valence-corrected chi connectivity index (χ2v) is 4.13. The van der Waals surface area contributed by atoms with Crippen LogP contribution >= 0.6 is 0 Å². The van der Waals surface area contributed by atoms with Crippen LogP contribution in [0, 0.1) is 5.82 Å². The molecule has 0 fully saturated rings. The predicted octanol–water partition coefficient (Wildman–Crippen LogP) is 3.35. The highest BCUT2D eigenvalue weighted by molar-refractivity contribution is 5.74. The Labute approximate surface area is 94.0 Å². The first kappa shape index (κ1) is 9.52. The zero-order chi connectivity index (χ0) is 11.1. The van der Waals surface area contributed by atoms with Gasteiger partial charge in [0.25, 0.3) is 0 Å². The first-order chi connectivity index (χ1) is 7.79. The van der Waals surface area contributed by atoms with Crippen molar-refractivity contribution in [1.82, 2.24) is 4.98 Å². The van der Waals surface area contributed by atoms with Crippen molar-refractivity contribution in [3.63, 3.8) is 0 Å². The molecule has 0 atom stereocenters. The van der Waals surface area contributed by atoms with Crippen LogP contribution in [0.15, 0.2) is 30.5 Å². The highest BCUT2D eigenvalue weighted by atomic mass is 19.1. The molecular weight excluding hydrogens is 201 g/mol. The number of fused-ring (bicyclic) bond motifs is 3. The van der Waals surface area contributed by atoms with Crippen molar-refractivity contribution in [3.05, 3.63) is 53.0 Å². The molecular formula is C14H12FN. The molecule has 0 saturated carbocycles. The summed E-state index contributed by atoms with van der Waals surface area (Å²) in [5, 5.41) is 0. The van der Waals surface area contributed by atoms with Crippen LogP contribution in [0.2, 0.25) is 0 Å². The molecule has 16 heavy (non-hydrogen) atoms. The monoisotopic (exact) mass is 213 g/mol. The van der Waals surface area contributed by atoms with Gasteiger partial charge in [0.15, 0.2) is 0 Å². The van der Waals surface area contributed by atoms with Crippen molar-refractivity contribution in [1.29, 1.82) is 0 Å². The normalized spacial score (nSPS) is 12.4. The molecule has 2 heteroatoms. The van der Waals surface area contributed by atoms with E-state index in [-0.39, 0.29) is 5.82 Å². The van der Waals surface area contributed by atoms with E-state index in [4.69, 9.17) is 0 Å². The van der Waals surface area contributed by atoms with E-state index in [0.717, 1.165) is 29.7 Å². The molecule has 1 aromatic carbocycles.